The summed E-state index contributed by atoms with van der Waals surface area (Å²) in [6.07, 6.45) is 6.20. The Bertz CT molecular complexity index is 423. The number of halogens is 1. The molecule has 0 spiro atoms. The van der Waals surface area contributed by atoms with Gasteiger partial charge in [-0.15, -0.1) is 0 Å². The molecule has 0 amide bonds. The maximum Gasteiger partial charge on any atom is 0.0538 e. The van der Waals surface area contributed by atoms with E-state index < -0.39 is 0 Å². The molecule has 0 saturated heterocycles. The van der Waals surface area contributed by atoms with Crippen molar-refractivity contribution in [2.24, 2.45) is 0 Å². The molecule has 2 heteroatoms. The number of nitrogens with one attached hydrogen (secondary N) is 1. The summed E-state index contributed by atoms with van der Waals surface area (Å²) in [7, 11) is 0. The van der Waals surface area contributed by atoms with E-state index in [4.69, 9.17) is 0 Å². The molecule has 1 atom stereocenters. The van der Waals surface area contributed by atoms with Gasteiger partial charge >= 0.3 is 0 Å². The second kappa shape index (κ2) is 5.83. The molecule has 1 unspecified atom stereocenters. The lowest BCUT2D eigenvalue weighted by Gasteiger charge is -2.22. The molecule has 0 bridgehead atoms. The average Bonchev–Trinajstić information content (AvgIpc) is 2.84. The normalized spacial score (nSPS) is 17.0. The number of allylic oxidation sites excluding steroid dienone is 1. The fourth-order valence-electron chi connectivity index (χ4n) is 2.54. The largest absolute Gasteiger partial charge is 0.307 e. The summed E-state index contributed by atoms with van der Waals surface area (Å²) in [4.78, 5) is 0. The minimum absolute atomic E-state index is 0.403. The van der Waals surface area contributed by atoms with E-state index in [0.29, 0.717) is 6.04 Å². The van der Waals surface area contributed by atoms with E-state index in [1.54, 1.807) is 5.57 Å². The van der Waals surface area contributed by atoms with Crippen molar-refractivity contribution in [2.75, 3.05) is 6.54 Å². The van der Waals surface area contributed by atoms with Gasteiger partial charge in [0, 0.05) is 4.47 Å². The highest BCUT2D eigenvalue weighted by Crippen LogP contribution is 2.34. The van der Waals surface area contributed by atoms with Crippen molar-refractivity contribution < 1.29 is 0 Å². The number of benzene rings is 1. The monoisotopic (exact) mass is 293 g/mol. The number of hydrogen-bond donors (Lipinski definition) is 1. The van der Waals surface area contributed by atoms with Crippen LogP contribution in [-0.2, 0) is 0 Å². The van der Waals surface area contributed by atoms with Crippen LogP contribution < -0.4 is 5.32 Å². The summed E-state index contributed by atoms with van der Waals surface area (Å²) in [5, 5.41) is 3.62. The molecule has 1 aromatic rings. The summed E-state index contributed by atoms with van der Waals surface area (Å²) < 4.78 is 1.21. The van der Waals surface area contributed by atoms with Crippen molar-refractivity contribution in [1.82, 2.24) is 5.32 Å². The minimum Gasteiger partial charge on any atom is -0.307 e. The average molecular weight is 294 g/mol. The Balaban J connectivity index is 2.35. The highest BCUT2D eigenvalue weighted by molar-refractivity contribution is 9.10. The summed E-state index contributed by atoms with van der Waals surface area (Å²) in [6, 6.07) is 6.89. The second-order valence-corrected chi connectivity index (χ2v) is 5.47. The van der Waals surface area contributed by atoms with Crippen molar-refractivity contribution in [2.45, 2.75) is 39.2 Å². The summed E-state index contributed by atoms with van der Waals surface area (Å²) in [5.41, 5.74) is 4.33. The van der Waals surface area contributed by atoms with Crippen LogP contribution in [0.5, 0.6) is 0 Å². The lowest BCUT2D eigenvalue weighted by molar-refractivity contribution is 0.602. The zero-order valence-electron chi connectivity index (χ0n) is 10.6. The molecule has 2 rings (SSSR count). The van der Waals surface area contributed by atoms with Gasteiger partial charge in [-0.25, -0.2) is 0 Å². The highest BCUT2D eigenvalue weighted by atomic mass is 79.9. The zero-order chi connectivity index (χ0) is 12.3. The molecule has 1 aliphatic rings. The van der Waals surface area contributed by atoms with Gasteiger partial charge in [0.1, 0.15) is 0 Å². The molecule has 0 fully saturated rings. The van der Waals surface area contributed by atoms with Crippen LogP contribution >= 0.6 is 15.9 Å². The number of rotatable bonds is 4. The van der Waals surface area contributed by atoms with Gasteiger partial charge in [0.25, 0.3) is 0 Å². The van der Waals surface area contributed by atoms with Crippen molar-refractivity contribution >= 4 is 15.9 Å². The molecule has 1 N–H and O–H groups in total. The van der Waals surface area contributed by atoms with Gasteiger partial charge in [0.15, 0.2) is 0 Å². The summed E-state index contributed by atoms with van der Waals surface area (Å²) in [6.45, 7) is 5.38. The third kappa shape index (κ3) is 2.80. The molecule has 0 heterocycles. The smallest absolute Gasteiger partial charge is 0.0538 e. The first-order chi connectivity index (χ1) is 8.24. The van der Waals surface area contributed by atoms with E-state index in [2.05, 4.69) is 59.4 Å². The van der Waals surface area contributed by atoms with Crippen LogP contribution in [0.15, 0.2) is 34.3 Å². The topological polar surface area (TPSA) is 12.0 Å². The zero-order valence-corrected chi connectivity index (χ0v) is 12.2. The predicted molar refractivity (Wildman–Crippen MR) is 77.2 cm³/mol. The van der Waals surface area contributed by atoms with Crippen LogP contribution in [0.3, 0.4) is 0 Å². The predicted octanol–water partition coefficient (Wildman–Crippen LogP) is 4.52. The summed E-state index contributed by atoms with van der Waals surface area (Å²) >= 11 is 3.63. The molecule has 17 heavy (non-hydrogen) atoms. The van der Waals surface area contributed by atoms with Gasteiger partial charge in [0.2, 0.25) is 0 Å². The first kappa shape index (κ1) is 12.8. The Kier molecular flexibility index (Phi) is 4.41. The van der Waals surface area contributed by atoms with Gasteiger partial charge < -0.3 is 5.32 Å². The standard InChI is InChI=1S/C15H20BrN/c1-3-17-15(12-7-4-5-8-12)13-9-6-10-14(16)11(13)2/h6-7,9-10,15,17H,3-5,8H2,1-2H3. The fourth-order valence-corrected chi connectivity index (χ4v) is 2.92. The number of likely N-dealkylation sites (N-methyl/N-ethyl adjacent to an activating group) is 1. The van der Waals surface area contributed by atoms with Crippen molar-refractivity contribution in [3.8, 4) is 0 Å². The number of hydrogen-bond acceptors (Lipinski definition) is 1. The van der Waals surface area contributed by atoms with Crippen molar-refractivity contribution in [3.05, 3.63) is 45.4 Å². The molecule has 92 valence electrons. The van der Waals surface area contributed by atoms with E-state index in [1.807, 2.05) is 0 Å². The fraction of sp³-hybridized carbons (Fsp3) is 0.467. The Morgan fingerprint density at radius 2 is 2.24 bits per heavy atom. The minimum atomic E-state index is 0.403. The SMILES string of the molecule is CCNC(C1=CCCC1)c1cccc(Br)c1C. The van der Waals surface area contributed by atoms with E-state index in [-0.39, 0.29) is 0 Å². The van der Waals surface area contributed by atoms with Crippen LogP contribution in [0, 0.1) is 6.92 Å². The maximum absolute atomic E-state index is 3.63. The Morgan fingerprint density at radius 3 is 2.88 bits per heavy atom. The second-order valence-electron chi connectivity index (χ2n) is 4.62. The third-order valence-electron chi connectivity index (χ3n) is 3.48. The first-order valence-electron chi connectivity index (χ1n) is 6.41. The Labute approximate surface area is 112 Å². The van der Waals surface area contributed by atoms with Crippen molar-refractivity contribution in [3.63, 3.8) is 0 Å². The Morgan fingerprint density at radius 1 is 1.41 bits per heavy atom. The molecule has 0 aromatic heterocycles. The lowest BCUT2D eigenvalue weighted by atomic mass is 9.94. The lowest BCUT2D eigenvalue weighted by Crippen LogP contribution is -2.23. The van der Waals surface area contributed by atoms with Crippen LogP contribution in [-0.4, -0.2) is 6.54 Å². The van der Waals surface area contributed by atoms with E-state index in [9.17, 15) is 0 Å². The van der Waals surface area contributed by atoms with E-state index in [0.717, 1.165) is 6.54 Å². The van der Waals surface area contributed by atoms with Gasteiger partial charge in [-0.2, -0.15) is 0 Å². The Hall–Kier alpha value is -0.600. The molecular weight excluding hydrogens is 274 g/mol. The van der Waals surface area contributed by atoms with Crippen LogP contribution in [0.25, 0.3) is 0 Å². The molecule has 0 aliphatic heterocycles. The molecular formula is C15H20BrN. The third-order valence-corrected chi connectivity index (χ3v) is 4.33. The van der Waals surface area contributed by atoms with Crippen LogP contribution in [0.2, 0.25) is 0 Å². The summed E-state index contributed by atoms with van der Waals surface area (Å²) in [5.74, 6) is 0. The van der Waals surface area contributed by atoms with Gasteiger partial charge in [-0.05, 0) is 49.9 Å². The molecule has 1 aromatic carbocycles. The molecule has 1 aliphatic carbocycles. The van der Waals surface area contributed by atoms with Gasteiger partial charge in [-0.1, -0.05) is 46.6 Å². The van der Waals surface area contributed by atoms with Crippen LogP contribution in [0.1, 0.15) is 43.4 Å². The molecule has 0 saturated carbocycles. The van der Waals surface area contributed by atoms with E-state index >= 15 is 0 Å². The molecule has 0 radical (unpaired) electrons. The quantitative estimate of drug-likeness (QED) is 0.805. The highest BCUT2D eigenvalue weighted by Gasteiger charge is 2.20. The maximum atomic E-state index is 3.63. The van der Waals surface area contributed by atoms with Gasteiger partial charge in [-0.3, -0.25) is 0 Å². The van der Waals surface area contributed by atoms with E-state index in [1.165, 1.54) is 34.9 Å². The van der Waals surface area contributed by atoms with Gasteiger partial charge in [0.05, 0.1) is 6.04 Å². The first-order valence-corrected chi connectivity index (χ1v) is 7.20. The van der Waals surface area contributed by atoms with Crippen LogP contribution in [0.4, 0.5) is 0 Å². The van der Waals surface area contributed by atoms with Crippen molar-refractivity contribution in [1.29, 1.82) is 0 Å². The molecule has 1 nitrogen and oxygen atoms in total.